The first-order valence-corrected chi connectivity index (χ1v) is 5.14. The molecule has 1 atom stereocenters. The molecule has 0 radical (unpaired) electrons. The Morgan fingerprint density at radius 2 is 1.88 bits per heavy atom. The number of rotatable bonds is 5. The fraction of sp³-hybridized carbons (Fsp3) is 0.500. The highest BCUT2D eigenvalue weighted by Crippen LogP contribution is 2.36. The lowest BCUT2D eigenvalue weighted by molar-refractivity contribution is 0.183. The molecule has 0 saturated carbocycles. The highest BCUT2D eigenvalue weighted by Gasteiger charge is 2.17. The minimum absolute atomic E-state index is 0.129. The molecule has 0 bridgehead atoms. The van der Waals surface area contributed by atoms with Crippen molar-refractivity contribution in [2.75, 3.05) is 21.3 Å². The number of benzene rings is 1. The van der Waals surface area contributed by atoms with Gasteiger partial charge in [-0.2, -0.15) is 0 Å². The molecule has 0 heterocycles. The van der Waals surface area contributed by atoms with Gasteiger partial charge in [0, 0.05) is 18.7 Å². The average Bonchev–Trinajstić information content (AvgIpc) is 2.28. The lowest BCUT2D eigenvalue weighted by Crippen LogP contribution is -2.11. The van der Waals surface area contributed by atoms with Gasteiger partial charge in [0.25, 0.3) is 0 Å². The molecule has 4 nitrogen and oxygen atoms in total. The zero-order chi connectivity index (χ0) is 12.1. The highest BCUT2D eigenvalue weighted by atomic mass is 16.5. The van der Waals surface area contributed by atoms with E-state index in [1.54, 1.807) is 21.3 Å². The molecule has 0 aliphatic rings. The summed E-state index contributed by atoms with van der Waals surface area (Å²) in [7, 11) is 4.88. The van der Waals surface area contributed by atoms with Gasteiger partial charge >= 0.3 is 0 Å². The molecule has 0 aliphatic heterocycles. The van der Waals surface area contributed by atoms with E-state index in [1.807, 2.05) is 19.1 Å². The van der Waals surface area contributed by atoms with Gasteiger partial charge < -0.3 is 19.9 Å². The first-order valence-electron chi connectivity index (χ1n) is 5.14. The second-order valence-corrected chi connectivity index (χ2v) is 3.60. The minimum atomic E-state index is -0.129. The van der Waals surface area contributed by atoms with Crippen molar-refractivity contribution in [3.63, 3.8) is 0 Å². The lowest BCUT2D eigenvalue weighted by atomic mass is 10.0. The maximum atomic E-state index is 5.95. The molecule has 0 amide bonds. The highest BCUT2D eigenvalue weighted by molar-refractivity contribution is 5.52. The van der Waals surface area contributed by atoms with Crippen LogP contribution in [0, 0.1) is 0 Å². The summed E-state index contributed by atoms with van der Waals surface area (Å²) in [6, 6.07) is 3.68. The Morgan fingerprint density at radius 1 is 1.19 bits per heavy atom. The Bertz CT molecular complexity index is 350. The van der Waals surface area contributed by atoms with Crippen LogP contribution in [-0.4, -0.2) is 21.3 Å². The Morgan fingerprint density at radius 3 is 2.31 bits per heavy atom. The van der Waals surface area contributed by atoms with E-state index in [-0.39, 0.29) is 6.04 Å². The molecule has 1 rings (SSSR count). The molecule has 4 heteroatoms. The third-order valence-electron chi connectivity index (χ3n) is 2.43. The Kier molecular flexibility index (Phi) is 4.58. The van der Waals surface area contributed by atoms with Crippen molar-refractivity contribution in [3.05, 3.63) is 23.3 Å². The van der Waals surface area contributed by atoms with E-state index in [9.17, 15) is 0 Å². The Labute approximate surface area is 96.3 Å². The molecular weight excluding hydrogens is 206 g/mol. The molecule has 1 aromatic carbocycles. The third kappa shape index (κ3) is 2.46. The maximum Gasteiger partial charge on any atom is 0.165 e. The van der Waals surface area contributed by atoms with Gasteiger partial charge in [0.05, 0.1) is 20.8 Å². The van der Waals surface area contributed by atoms with Crippen LogP contribution < -0.4 is 15.2 Å². The van der Waals surface area contributed by atoms with Gasteiger partial charge in [0.1, 0.15) is 0 Å². The fourth-order valence-corrected chi connectivity index (χ4v) is 1.77. The van der Waals surface area contributed by atoms with E-state index < -0.39 is 0 Å². The quantitative estimate of drug-likeness (QED) is 0.831. The molecule has 0 spiro atoms. The lowest BCUT2D eigenvalue weighted by Gasteiger charge is -2.18. The predicted molar refractivity (Wildman–Crippen MR) is 62.9 cm³/mol. The zero-order valence-corrected chi connectivity index (χ0v) is 10.2. The maximum absolute atomic E-state index is 5.95. The summed E-state index contributed by atoms with van der Waals surface area (Å²) in [6.07, 6.45) is 0. The Hall–Kier alpha value is -1.26. The van der Waals surface area contributed by atoms with Crippen molar-refractivity contribution in [2.24, 2.45) is 5.73 Å². The van der Waals surface area contributed by atoms with Gasteiger partial charge in [-0.15, -0.1) is 0 Å². The smallest absolute Gasteiger partial charge is 0.165 e. The molecular formula is C12H19NO3. The van der Waals surface area contributed by atoms with Gasteiger partial charge in [0.2, 0.25) is 0 Å². The van der Waals surface area contributed by atoms with Crippen LogP contribution >= 0.6 is 0 Å². The monoisotopic (exact) mass is 225 g/mol. The van der Waals surface area contributed by atoms with E-state index >= 15 is 0 Å². The molecule has 90 valence electrons. The summed E-state index contributed by atoms with van der Waals surface area (Å²) in [6.45, 7) is 2.42. The molecule has 0 fully saturated rings. The van der Waals surface area contributed by atoms with Crippen molar-refractivity contribution in [3.8, 4) is 11.5 Å². The third-order valence-corrected chi connectivity index (χ3v) is 2.43. The zero-order valence-electron chi connectivity index (χ0n) is 10.2. The molecule has 0 aromatic heterocycles. The van der Waals surface area contributed by atoms with Gasteiger partial charge in [-0.05, 0) is 18.6 Å². The summed E-state index contributed by atoms with van der Waals surface area (Å²) in [4.78, 5) is 0. The van der Waals surface area contributed by atoms with Crippen molar-refractivity contribution in [1.29, 1.82) is 0 Å². The van der Waals surface area contributed by atoms with E-state index in [0.29, 0.717) is 18.1 Å². The van der Waals surface area contributed by atoms with E-state index in [1.165, 1.54) is 0 Å². The average molecular weight is 225 g/mol. The van der Waals surface area contributed by atoms with Crippen LogP contribution in [0.4, 0.5) is 0 Å². The molecule has 16 heavy (non-hydrogen) atoms. The van der Waals surface area contributed by atoms with Gasteiger partial charge in [-0.1, -0.05) is 6.07 Å². The van der Waals surface area contributed by atoms with E-state index in [0.717, 1.165) is 11.1 Å². The Balaban J connectivity index is 3.32. The van der Waals surface area contributed by atoms with Gasteiger partial charge in [0.15, 0.2) is 11.5 Å². The first kappa shape index (κ1) is 12.8. The van der Waals surface area contributed by atoms with Crippen molar-refractivity contribution in [2.45, 2.75) is 19.6 Å². The number of hydrogen-bond acceptors (Lipinski definition) is 4. The van der Waals surface area contributed by atoms with Crippen molar-refractivity contribution in [1.82, 2.24) is 0 Å². The van der Waals surface area contributed by atoms with Crippen LogP contribution in [0.15, 0.2) is 12.1 Å². The SMILES string of the molecule is COCc1ccc(OC)c(OC)c1C(C)N. The van der Waals surface area contributed by atoms with Gasteiger partial charge in [-0.25, -0.2) is 0 Å². The number of hydrogen-bond donors (Lipinski definition) is 1. The summed E-state index contributed by atoms with van der Waals surface area (Å²) in [5.41, 5.74) is 7.91. The van der Waals surface area contributed by atoms with Crippen LogP contribution in [0.3, 0.4) is 0 Å². The van der Waals surface area contributed by atoms with Gasteiger partial charge in [-0.3, -0.25) is 0 Å². The molecule has 1 unspecified atom stereocenters. The molecule has 0 saturated heterocycles. The number of methoxy groups -OCH3 is 3. The van der Waals surface area contributed by atoms with Crippen LogP contribution in [-0.2, 0) is 11.3 Å². The van der Waals surface area contributed by atoms with Crippen molar-refractivity contribution < 1.29 is 14.2 Å². The second-order valence-electron chi connectivity index (χ2n) is 3.60. The summed E-state index contributed by atoms with van der Waals surface area (Å²) in [5, 5.41) is 0. The fourth-order valence-electron chi connectivity index (χ4n) is 1.77. The second kappa shape index (κ2) is 5.72. The van der Waals surface area contributed by atoms with Crippen LogP contribution in [0.2, 0.25) is 0 Å². The first-order chi connectivity index (χ1) is 7.65. The molecule has 1 aromatic rings. The number of nitrogens with two attached hydrogens (primary N) is 1. The van der Waals surface area contributed by atoms with Crippen LogP contribution in [0.5, 0.6) is 11.5 Å². The normalized spacial score (nSPS) is 12.3. The standard InChI is InChI=1S/C12H19NO3/c1-8(13)11-9(7-14-2)5-6-10(15-3)12(11)16-4/h5-6,8H,7,13H2,1-4H3. The molecule has 0 aliphatic carbocycles. The summed E-state index contributed by atoms with van der Waals surface area (Å²) >= 11 is 0. The van der Waals surface area contributed by atoms with Crippen molar-refractivity contribution >= 4 is 0 Å². The number of ether oxygens (including phenoxy) is 3. The molecule has 2 N–H and O–H groups in total. The topological polar surface area (TPSA) is 53.7 Å². The van der Waals surface area contributed by atoms with E-state index in [2.05, 4.69) is 0 Å². The summed E-state index contributed by atoms with van der Waals surface area (Å²) < 4.78 is 15.7. The van der Waals surface area contributed by atoms with Crippen LogP contribution in [0.1, 0.15) is 24.1 Å². The largest absolute Gasteiger partial charge is 0.493 e. The minimum Gasteiger partial charge on any atom is -0.493 e. The van der Waals surface area contributed by atoms with Crippen LogP contribution in [0.25, 0.3) is 0 Å². The summed E-state index contributed by atoms with van der Waals surface area (Å²) in [5.74, 6) is 1.38. The van der Waals surface area contributed by atoms with E-state index in [4.69, 9.17) is 19.9 Å². The predicted octanol–water partition coefficient (Wildman–Crippen LogP) is 1.87.